The molecule has 2 aromatic heterocycles. The number of fused-ring (bicyclic) bond motifs is 1. The number of carboxylic acids is 1. The maximum atomic E-state index is 12.2. The van der Waals surface area contributed by atoms with Gasteiger partial charge in [0.25, 0.3) is 5.56 Å². The number of nitrogens with zero attached hydrogens (tertiary/aromatic N) is 4. The average Bonchev–Trinajstić information content (AvgIpc) is 2.72. The van der Waals surface area contributed by atoms with Gasteiger partial charge in [-0.05, 0) is 20.8 Å². The molecule has 0 aliphatic heterocycles. The van der Waals surface area contributed by atoms with Crippen LogP contribution in [-0.2, 0) is 16.9 Å². The van der Waals surface area contributed by atoms with Gasteiger partial charge in [-0.15, -0.1) is 0 Å². The van der Waals surface area contributed by atoms with Gasteiger partial charge in [0, 0.05) is 6.54 Å². The molecular formula is C12H16N4O3. The molecule has 0 saturated carbocycles. The van der Waals surface area contributed by atoms with Crippen molar-refractivity contribution in [1.82, 2.24) is 19.3 Å². The lowest BCUT2D eigenvalue weighted by atomic mass is 10.1. The van der Waals surface area contributed by atoms with E-state index < -0.39 is 5.97 Å². The SMILES string of the molecule is CC(C)(C)n1ncc2c(=O)n(CCC(=O)O)cnc21. The molecule has 102 valence electrons. The van der Waals surface area contributed by atoms with Crippen molar-refractivity contribution in [2.24, 2.45) is 0 Å². The summed E-state index contributed by atoms with van der Waals surface area (Å²) in [5.74, 6) is -0.947. The summed E-state index contributed by atoms with van der Waals surface area (Å²) >= 11 is 0. The summed E-state index contributed by atoms with van der Waals surface area (Å²) < 4.78 is 2.98. The Balaban J connectivity index is 2.50. The summed E-state index contributed by atoms with van der Waals surface area (Å²) in [6.07, 6.45) is 2.74. The third-order valence-electron chi connectivity index (χ3n) is 2.76. The van der Waals surface area contributed by atoms with E-state index in [0.717, 1.165) is 0 Å². The monoisotopic (exact) mass is 264 g/mol. The predicted octanol–water partition coefficient (Wildman–Crippen LogP) is 0.823. The van der Waals surface area contributed by atoms with E-state index >= 15 is 0 Å². The first-order valence-corrected chi connectivity index (χ1v) is 5.96. The number of hydrogen-bond donors (Lipinski definition) is 1. The zero-order valence-corrected chi connectivity index (χ0v) is 11.1. The molecule has 0 aliphatic carbocycles. The smallest absolute Gasteiger partial charge is 0.305 e. The Bertz CT molecular complexity index is 678. The molecule has 7 nitrogen and oxygen atoms in total. The molecule has 2 rings (SSSR count). The van der Waals surface area contributed by atoms with Gasteiger partial charge in [0.2, 0.25) is 0 Å². The van der Waals surface area contributed by atoms with E-state index in [1.54, 1.807) is 4.68 Å². The molecule has 0 unspecified atom stereocenters. The van der Waals surface area contributed by atoms with E-state index in [1.165, 1.54) is 17.1 Å². The van der Waals surface area contributed by atoms with Gasteiger partial charge in [-0.3, -0.25) is 14.2 Å². The molecular weight excluding hydrogens is 248 g/mol. The highest BCUT2D eigenvalue weighted by Gasteiger charge is 2.19. The summed E-state index contributed by atoms with van der Waals surface area (Å²) in [6.45, 7) is 6.02. The van der Waals surface area contributed by atoms with Crippen LogP contribution in [0, 0.1) is 0 Å². The summed E-state index contributed by atoms with van der Waals surface area (Å²) in [5.41, 5.74) is -0.0140. The first kappa shape index (κ1) is 13.3. The van der Waals surface area contributed by atoms with Gasteiger partial charge in [0.1, 0.15) is 5.39 Å². The van der Waals surface area contributed by atoms with Crippen LogP contribution >= 0.6 is 0 Å². The molecule has 2 heterocycles. The maximum Gasteiger partial charge on any atom is 0.305 e. The van der Waals surface area contributed by atoms with Crippen LogP contribution in [-0.4, -0.2) is 30.4 Å². The number of aromatic nitrogens is 4. The van der Waals surface area contributed by atoms with Crippen LogP contribution in [0.2, 0.25) is 0 Å². The van der Waals surface area contributed by atoms with E-state index in [-0.39, 0.29) is 24.1 Å². The number of rotatable bonds is 3. The highest BCUT2D eigenvalue weighted by molar-refractivity contribution is 5.73. The van der Waals surface area contributed by atoms with Gasteiger partial charge in [0.05, 0.1) is 24.5 Å². The third-order valence-corrected chi connectivity index (χ3v) is 2.76. The second-order valence-corrected chi connectivity index (χ2v) is 5.35. The Morgan fingerprint density at radius 2 is 2.11 bits per heavy atom. The number of aryl methyl sites for hydroxylation is 1. The summed E-state index contributed by atoms with van der Waals surface area (Å²) in [5, 5.41) is 13.2. The largest absolute Gasteiger partial charge is 0.481 e. The molecule has 0 amide bonds. The molecule has 19 heavy (non-hydrogen) atoms. The fourth-order valence-electron chi connectivity index (χ4n) is 1.81. The molecule has 0 radical (unpaired) electrons. The Kier molecular flexibility index (Phi) is 3.13. The second kappa shape index (κ2) is 4.49. The zero-order chi connectivity index (χ0) is 14.2. The molecule has 0 aliphatic rings. The van der Waals surface area contributed by atoms with Gasteiger partial charge in [-0.2, -0.15) is 5.10 Å². The Hall–Kier alpha value is -2.18. The van der Waals surface area contributed by atoms with Crippen LogP contribution in [0.15, 0.2) is 17.3 Å². The molecule has 0 bridgehead atoms. The van der Waals surface area contributed by atoms with Crippen molar-refractivity contribution in [2.75, 3.05) is 0 Å². The van der Waals surface area contributed by atoms with Gasteiger partial charge in [-0.1, -0.05) is 0 Å². The Morgan fingerprint density at radius 3 is 2.68 bits per heavy atom. The molecule has 0 fully saturated rings. The zero-order valence-electron chi connectivity index (χ0n) is 11.1. The van der Waals surface area contributed by atoms with Crippen LogP contribution in [0.5, 0.6) is 0 Å². The Morgan fingerprint density at radius 1 is 1.42 bits per heavy atom. The lowest BCUT2D eigenvalue weighted by molar-refractivity contribution is -0.137. The average molecular weight is 264 g/mol. The van der Waals surface area contributed by atoms with Gasteiger partial charge >= 0.3 is 5.97 Å². The van der Waals surface area contributed by atoms with Crippen LogP contribution in [0.4, 0.5) is 0 Å². The minimum absolute atomic E-state index is 0.109. The number of carbonyl (C=O) groups is 1. The normalized spacial score (nSPS) is 11.9. The summed E-state index contributed by atoms with van der Waals surface area (Å²) in [7, 11) is 0. The van der Waals surface area contributed by atoms with E-state index in [9.17, 15) is 9.59 Å². The fourth-order valence-corrected chi connectivity index (χ4v) is 1.81. The third kappa shape index (κ3) is 2.49. The standard InChI is InChI=1S/C12H16N4O3/c1-12(2,3)16-10-8(6-14-16)11(19)15(7-13-10)5-4-9(17)18/h6-7H,4-5H2,1-3H3,(H,17,18). The summed E-state index contributed by atoms with van der Waals surface area (Å²) in [4.78, 5) is 26.9. The van der Waals surface area contributed by atoms with Crippen molar-refractivity contribution in [3.8, 4) is 0 Å². The number of aliphatic carboxylic acids is 1. The van der Waals surface area contributed by atoms with Crippen molar-refractivity contribution in [1.29, 1.82) is 0 Å². The highest BCUT2D eigenvalue weighted by atomic mass is 16.4. The lowest BCUT2D eigenvalue weighted by Crippen LogP contribution is -2.25. The highest BCUT2D eigenvalue weighted by Crippen LogP contribution is 2.17. The minimum atomic E-state index is -0.947. The number of hydrogen-bond acceptors (Lipinski definition) is 4. The fraction of sp³-hybridized carbons (Fsp3) is 0.500. The van der Waals surface area contributed by atoms with Crippen LogP contribution in [0.3, 0.4) is 0 Å². The quantitative estimate of drug-likeness (QED) is 0.886. The van der Waals surface area contributed by atoms with Gasteiger partial charge < -0.3 is 5.11 Å². The van der Waals surface area contributed by atoms with Crippen molar-refractivity contribution in [3.63, 3.8) is 0 Å². The number of carboxylic acid groups (broad SMARTS) is 1. The first-order valence-electron chi connectivity index (χ1n) is 5.96. The molecule has 1 N–H and O–H groups in total. The van der Waals surface area contributed by atoms with Crippen LogP contribution < -0.4 is 5.56 Å². The van der Waals surface area contributed by atoms with Gasteiger partial charge in [0.15, 0.2) is 5.65 Å². The van der Waals surface area contributed by atoms with Crippen molar-refractivity contribution >= 4 is 17.0 Å². The lowest BCUT2D eigenvalue weighted by Gasteiger charge is -2.19. The maximum absolute atomic E-state index is 12.2. The molecule has 7 heteroatoms. The van der Waals surface area contributed by atoms with E-state index in [0.29, 0.717) is 11.0 Å². The molecule has 2 aromatic rings. The van der Waals surface area contributed by atoms with E-state index in [2.05, 4.69) is 10.1 Å². The van der Waals surface area contributed by atoms with Crippen LogP contribution in [0.1, 0.15) is 27.2 Å². The molecule has 0 atom stereocenters. The molecule has 0 aromatic carbocycles. The molecule has 0 saturated heterocycles. The molecule has 0 spiro atoms. The minimum Gasteiger partial charge on any atom is -0.481 e. The van der Waals surface area contributed by atoms with Crippen molar-refractivity contribution in [2.45, 2.75) is 39.3 Å². The summed E-state index contributed by atoms with van der Waals surface area (Å²) in [6, 6.07) is 0. The van der Waals surface area contributed by atoms with Crippen LogP contribution in [0.25, 0.3) is 11.0 Å². The Labute approximate surface area is 109 Å². The first-order chi connectivity index (χ1) is 8.80. The van der Waals surface area contributed by atoms with E-state index in [4.69, 9.17) is 5.11 Å². The van der Waals surface area contributed by atoms with Crippen molar-refractivity contribution in [3.05, 3.63) is 22.9 Å². The van der Waals surface area contributed by atoms with Gasteiger partial charge in [-0.25, -0.2) is 9.67 Å². The topological polar surface area (TPSA) is 90.0 Å². The predicted molar refractivity (Wildman–Crippen MR) is 69.0 cm³/mol. The van der Waals surface area contributed by atoms with Crippen molar-refractivity contribution < 1.29 is 9.90 Å². The second-order valence-electron chi connectivity index (χ2n) is 5.35. The van der Waals surface area contributed by atoms with E-state index in [1.807, 2.05) is 20.8 Å².